The Morgan fingerprint density at radius 2 is 2.24 bits per heavy atom. The smallest absolute Gasteiger partial charge is 0.318 e. The number of nitrogens with one attached hydrogen (secondary N) is 1. The molecule has 0 spiro atoms. The zero-order valence-corrected chi connectivity index (χ0v) is 15.3. The van der Waals surface area contributed by atoms with E-state index in [1.165, 1.54) is 0 Å². The fourth-order valence-electron chi connectivity index (χ4n) is 3.54. The second kappa shape index (κ2) is 8.72. The lowest BCUT2D eigenvalue weighted by Crippen LogP contribution is -2.47. The molecule has 0 saturated carbocycles. The van der Waals surface area contributed by atoms with Crippen molar-refractivity contribution in [1.29, 1.82) is 0 Å². The van der Waals surface area contributed by atoms with Gasteiger partial charge in [-0.05, 0) is 45.2 Å². The van der Waals surface area contributed by atoms with E-state index in [0.29, 0.717) is 13.2 Å². The third-order valence-electron chi connectivity index (χ3n) is 4.94. The van der Waals surface area contributed by atoms with E-state index in [-0.39, 0.29) is 24.2 Å². The molecule has 0 aromatic carbocycles. The summed E-state index contributed by atoms with van der Waals surface area (Å²) in [6.07, 6.45) is 5.36. The summed E-state index contributed by atoms with van der Waals surface area (Å²) in [6.45, 7) is 6.63. The van der Waals surface area contributed by atoms with Crippen LogP contribution < -0.4 is 5.32 Å². The number of likely N-dealkylation sites (tertiary alicyclic amines) is 1. The van der Waals surface area contributed by atoms with Crippen LogP contribution in [0.1, 0.15) is 56.6 Å². The fourth-order valence-corrected chi connectivity index (χ4v) is 3.54. The van der Waals surface area contributed by atoms with Gasteiger partial charge >= 0.3 is 6.03 Å². The normalized spacial score (nSPS) is 25.6. The van der Waals surface area contributed by atoms with E-state index in [0.717, 1.165) is 56.8 Å². The SMILES string of the molecule is Cc1ccc(C2CCCCCN2C(=O)NC(C)COC2CCOC2)o1. The quantitative estimate of drug-likeness (QED) is 0.884. The summed E-state index contributed by atoms with van der Waals surface area (Å²) in [7, 11) is 0. The molecule has 1 aromatic heterocycles. The minimum Gasteiger partial charge on any atom is -0.464 e. The highest BCUT2D eigenvalue weighted by atomic mass is 16.5. The van der Waals surface area contributed by atoms with Crippen LogP contribution in [0.3, 0.4) is 0 Å². The molecular formula is C19H30N2O4. The highest BCUT2D eigenvalue weighted by Crippen LogP contribution is 2.31. The fraction of sp³-hybridized carbons (Fsp3) is 0.737. The molecule has 2 fully saturated rings. The lowest BCUT2D eigenvalue weighted by atomic mass is 10.1. The Morgan fingerprint density at radius 1 is 1.36 bits per heavy atom. The zero-order chi connectivity index (χ0) is 17.6. The summed E-state index contributed by atoms with van der Waals surface area (Å²) in [4.78, 5) is 14.8. The highest BCUT2D eigenvalue weighted by molar-refractivity contribution is 5.75. The number of furan rings is 1. The second-order valence-corrected chi connectivity index (χ2v) is 7.18. The Balaban J connectivity index is 1.57. The molecule has 2 aliphatic rings. The third-order valence-corrected chi connectivity index (χ3v) is 4.94. The van der Waals surface area contributed by atoms with Crippen LogP contribution in [0.15, 0.2) is 16.5 Å². The number of hydrogen-bond acceptors (Lipinski definition) is 4. The molecule has 0 bridgehead atoms. The van der Waals surface area contributed by atoms with Crippen molar-refractivity contribution in [1.82, 2.24) is 10.2 Å². The van der Waals surface area contributed by atoms with Gasteiger partial charge in [0.1, 0.15) is 11.5 Å². The Morgan fingerprint density at radius 3 is 2.96 bits per heavy atom. The van der Waals surface area contributed by atoms with Gasteiger partial charge in [0, 0.05) is 13.2 Å². The van der Waals surface area contributed by atoms with Crippen molar-refractivity contribution in [2.24, 2.45) is 0 Å². The number of nitrogens with zero attached hydrogens (tertiary/aromatic N) is 1. The van der Waals surface area contributed by atoms with Crippen LogP contribution in [0, 0.1) is 6.92 Å². The van der Waals surface area contributed by atoms with Gasteiger partial charge in [-0.25, -0.2) is 4.79 Å². The van der Waals surface area contributed by atoms with Crippen molar-refractivity contribution < 1.29 is 18.7 Å². The van der Waals surface area contributed by atoms with Gasteiger partial charge in [0.25, 0.3) is 0 Å². The van der Waals surface area contributed by atoms with Gasteiger partial charge < -0.3 is 24.1 Å². The zero-order valence-electron chi connectivity index (χ0n) is 15.3. The molecule has 3 unspecified atom stereocenters. The maximum Gasteiger partial charge on any atom is 0.318 e. The average molecular weight is 350 g/mol. The molecule has 3 rings (SSSR count). The summed E-state index contributed by atoms with van der Waals surface area (Å²) >= 11 is 0. The van der Waals surface area contributed by atoms with Crippen molar-refractivity contribution in [3.8, 4) is 0 Å². The molecular weight excluding hydrogens is 320 g/mol. The molecule has 3 atom stereocenters. The molecule has 0 aliphatic carbocycles. The molecule has 6 heteroatoms. The molecule has 2 aliphatic heterocycles. The molecule has 2 amide bonds. The molecule has 25 heavy (non-hydrogen) atoms. The van der Waals surface area contributed by atoms with E-state index in [2.05, 4.69) is 5.32 Å². The predicted octanol–water partition coefficient (Wildman–Crippen LogP) is 3.41. The number of rotatable bonds is 5. The number of carbonyl (C=O) groups excluding carboxylic acids is 1. The van der Waals surface area contributed by atoms with E-state index in [4.69, 9.17) is 13.9 Å². The van der Waals surface area contributed by atoms with Crippen molar-refractivity contribution in [3.05, 3.63) is 23.7 Å². The lowest BCUT2D eigenvalue weighted by Gasteiger charge is -2.30. The van der Waals surface area contributed by atoms with Gasteiger partial charge in [0.2, 0.25) is 0 Å². The Labute approximate surface area is 149 Å². The summed E-state index contributed by atoms with van der Waals surface area (Å²) in [5, 5.41) is 3.09. The summed E-state index contributed by atoms with van der Waals surface area (Å²) in [6, 6.07) is 3.93. The van der Waals surface area contributed by atoms with Crippen LogP contribution in [-0.2, 0) is 9.47 Å². The molecule has 1 aromatic rings. The minimum absolute atomic E-state index is 0.0209. The molecule has 140 valence electrons. The third kappa shape index (κ3) is 4.98. The van der Waals surface area contributed by atoms with Gasteiger partial charge in [-0.15, -0.1) is 0 Å². The van der Waals surface area contributed by atoms with Gasteiger partial charge in [-0.3, -0.25) is 0 Å². The van der Waals surface area contributed by atoms with Gasteiger partial charge in [-0.1, -0.05) is 12.8 Å². The molecule has 6 nitrogen and oxygen atoms in total. The number of amides is 2. The van der Waals surface area contributed by atoms with E-state index < -0.39 is 0 Å². The number of aryl methyl sites for hydroxylation is 1. The molecule has 2 saturated heterocycles. The van der Waals surface area contributed by atoms with Crippen LogP contribution in [0.2, 0.25) is 0 Å². The minimum atomic E-state index is -0.0321. The summed E-state index contributed by atoms with van der Waals surface area (Å²) < 4.78 is 16.9. The molecule has 3 heterocycles. The van der Waals surface area contributed by atoms with E-state index in [9.17, 15) is 4.79 Å². The number of hydrogen-bond donors (Lipinski definition) is 1. The second-order valence-electron chi connectivity index (χ2n) is 7.18. The van der Waals surface area contributed by atoms with Crippen molar-refractivity contribution in [2.45, 2.75) is 64.1 Å². The average Bonchev–Trinajstić information content (AvgIpc) is 3.19. The van der Waals surface area contributed by atoms with Crippen LogP contribution >= 0.6 is 0 Å². The van der Waals surface area contributed by atoms with Crippen LogP contribution in [-0.4, -0.2) is 49.4 Å². The maximum absolute atomic E-state index is 12.8. The van der Waals surface area contributed by atoms with Crippen LogP contribution in [0.25, 0.3) is 0 Å². The lowest BCUT2D eigenvalue weighted by molar-refractivity contribution is 0.0326. The first-order valence-electron chi connectivity index (χ1n) is 9.46. The first kappa shape index (κ1) is 18.3. The molecule has 0 radical (unpaired) electrons. The molecule has 1 N–H and O–H groups in total. The van der Waals surface area contributed by atoms with Crippen molar-refractivity contribution in [2.75, 3.05) is 26.4 Å². The Kier molecular flexibility index (Phi) is 6.37. The van der Waals surface area contributed by atoms with Gasteiger partial charge in [0.15, 0.2) is 0 Å². The van der Waals surface area contributed by atoms with E-state index in [1.54, 1.807) is 0 Å². The first-order chi connectivity index (χ1) is 12.1. The van der Waals surface area contributed by atoms with Crippen LogP contribution in [0.5, 0.6) is 0 Å². The number of ether oxygens (including phenoxy) is 2. The van der Waals surface area contributed by atoms with E-state index in [1.807, 2.05) is 30.9 Å². The number of carbonyl (C=O) groups is 1. The predicted molar refractivity (Wildman–Crippen MR) is 94.5 cm³/mol. The topological polar surface area (TPSA) is 63.9 Å². The standard InChI is InChI=1S/C19H30N2O4/c1-14(12-24-16-9-11-23-13-16)20-19(22)21-10-5-3-4-6-17(21)18-8-7-15(2)25-18/h7-8,14,16-17H,3-6,9-13H2,1-2H3,(H,20,22). The van der Waals surface area contributed by atoms with Crippen molar-refractivity contribution >= 4 is 6.03 Å². The van der Waals surface area contributed by atoms with E-state index >= 15 is 0 Å². The maximum atomic E-state index is 12.8. The Bertz CT molecular complexity index is 553. The Hall–Kier alpha value is -1.53. The first-order valence-corrected chi connectivity index (χ1v) is 9.46. The van der Waals surface area contributed by atoms with Crippen LogP contribution in [0.4, 0.5) is 4.79 Å². The largest absolute Gasteiger partial charge is 0.464 e. The number of urea groups is 1. The highest BCUT2D eigenvalue weighted by Gasteiger charge is 2.29. The summed E-state index contributed by atoms with van der Waals surface area (Å²) in [5.74, 6) is 1.78. The van der Waals surface area contributed by atoms with Gasteiger partial charge in [0.05, 0.1) is 31.4 Å². The monoisotopic (exact) mass is 350 g/mol. The van der Waals surface area contributed by atoms with Crippen molar-refractivity contribution in [3.63, 3.8) is 0 Å². The summed E-state index contributed by atoms with van der Waals surface area (Å²) in [5.41, 5.74) is 0. The van der Waals surface area contributed by atoms with Gasteiger partial charge in [-0.2, -0.15) is 0 Å².